The molecular weight excluding hydrogens is 588 g/mol. The number of rotatable bonds is 5. The minimum absolute atomic E-state index is 0.160. The molecule has 1 amide bonds. The van der Waals surface area contributed by atoms with Crippen LogP contribution in [0, 0.1) is 6.92 Å². The number of anilines is 1. The highest BCUT2D eigenvalue weighted by atomic mass is 79.9. The molecule has 0 aliphatic rings. The number of methoxy groups -OCH3 is 1. The van der Waals surface area contributed by atoms with Crippen LogP contribution in [0.3, 0.4) is 0 Å². The highest BCUT2D eigenvalue weighted by molar-refractivity contribution is 9.11. The lowest BCUT2D eigenvalue weighted by atomic mass is 10.2. The topological polar surface area (TPSA) is 62.4 Å². The summed E-state index contributed by atoms with van der Waals surface area (Å²) in [6, 6.07) is 10.5. The van der Waals surface area contributed by atoms with Crippen LogP contribution in [0.1, 0.15) is 15.9 Å². The molecule has 1 unspecified atom stereocenters. The summed E-state index contributed by atoms with van der Waals surface area (Å²) in [5, 5.41) is 8.67. The molecule has 0 fully saturated rings. The Labute approximate surface area is 206 Å². The van der Waals surface area contributed by atoms with Crippen molar-refractivity contribution in [3.63, 3.8) is 0 Å². The number of aryl methyl sites for hydroxylation is 1. The van der Waals surface area contributed by atoms with Crippen molar-refractivity contribution in [1.82, 2.24) is 10.6 Å². The van der Waals surface area contributed by atoms with Gasteiger partial charge in [-0.15, -0.1) is 0 Å². The molecule has 0 aliphatic carbocycles. The first-order valence-corrected chi connectivity index (χ1v) is 11.2. The minimum Gasteiger partial charge on any atom is -0.496 e. The predicted molar refractivity (Wildman–Crippen MR) is 130 cm³/mol. The van der Waals surface area contributed by atoms with Crippen molar-refractivity contribution < 1.29 is 9.53 Å². The lowest BCUT2D eigenvalue weighted by Gasteiger charge is -2.28. The van der Waals surface area contributed by atoms with Crippen molar-refractivity contribution >= 4 is 95.6 Å². The molecule has 0 aliphatic heterocycles. The van der Waals surface area contributed by atoms with Crippen LogP contribution in [0.15, 0.2) is 45.3 Å². The van der Waals surface area contributed by atoms with Gasteiger partial charge in [0, 0.05) is 8.95 Å². The molecule has 0 spiro atoms. The molecule has 3 N–H and O–H groups in total. The van der Waals surface area contributed by atoms with E-state index in [-0.39, 0.29) is 5.11 Å². The van der Waals surface area contributed by atoms with Gasteiger partial charge in [-0.25, -0.2) is 0 Å². The summed E-state index contributed by atoms with van der Waals surface area (Å²) in [6.45, 7) is 1.91. The molecule has 0 bridgehead atoms. The molecule has 0 radical (unpaired) electrons. The smallest absolute Gasteiger partial charge is 0.256 e. The van der Waals surface area contributed by atoms with Gasteiger partial charge in [-0.2, -0.15) is 0 Å². The SMILES string of the molecule is COc1ccccc1C(=O)NC(NC(=S)Nc1c(C)cc(Br)cc1Br)C(Cl)(Cl)Cl. The first-order chi connectivity index (χ1) is 13.5. The summed E-state index contributed by atoms with van der Waals surface area (Å²) >= 11 is 30.4. The van der Waals surface area contributed by atoms with E-state index < -0.39 is 15.9 Å². The van der Waals surface area contributed by atoms with Gasteiger partial charge in [0.2, 0.25) is 3.79 Å². The largest absolute Gasteiger partial charge is 0.496 e. The Balaban J connectivity index is 2.17. The summed E-state index contributed by atoms with van der Waals surface area (Å²) in [7, 11) is 1.47. The third-order valence-electron chi connectivity index (χ3n) is 3.72. The first kappa shape index (κ1) is 24.5. The minimum atomic E-state index is -1.88. The lowest BCUT2D eigenvalue weighted by Crippen LogP contribution is -2.56. The summed E-state index contributed by atoms with van der Waals surface area (Å²) in [5.74, 6) is -0.0988. The Morgan fingerprint density at radius 2 is 1.83 bits per heavy atom. The van der Waals surface area contributed by atoms with Gasteiger partial charge in [0.1, 0.15) is 11.9 Å². The van der Waals surface area contributed by atoms with E-state index in [9.17, 15) is 4.79 Å². The van der Waals surface area contributed by atoms with Crippen LogP contribution in [0.5, 0.6) is 5.75 Å². The maximum absolute atomic E-state index is 12.7. The highest BCUT2D eigenvalue weighted by Crippen LogP contribution is 2.32. The van der Waals surface area contributed by atoms with Gasteiger partial charge in [0.25, 0.3) is 5.91 Å². The zero-order valence-electron chi connectivity index (χ0n) is 15.2. The predicted octanol–water partition coefficient (Wildman–Crippen LogP) is 5.94. The van der Waals surface area contributed by atoms with Gasteiger partial charge in [-0.05, 0) is 64.9 Å². The van der Waals surface area contributed by atoms with E-state index in [0.717, 1.165) is 20.2 Å². The van der Waals surface area contributed by atoms with Crippen LogP contribution in [0.2, 0.25) is 0 Å². The molecule has 2 aromatic rings. The van der Waals surface area contributed by atoms with Crippen molar-refractivity contribution in [1.29, 1.82) is 0 Å². The molecule has 29 heavy (non-hydrogen) atoms. The number of carbonyl (C=O) groups excluding carboxylic acids is 1. The Bertz CT molecular complexity index is 902. The molecule has 2 rings (SSSR count). The van der Waals surface area contributed by atoms with Gasteiger partial charge in [-0.1, -0.05) is 62.9 Å². The number of carbonyl (C=O) groups is 1. The molecule has 156 valence electrons. The molecule has 0 saturated heterocycles. The Hall–Kier alpha value is -0.770. The fourth-order valence-electron chi connectivity index (χ4n) is 2.38. The molecule has 5 nitrogen and oxygen atoms in total. The van der Waals surface area contributed by atoms with Crippen molar-refractivity contribution in [2.75, 3.05) is 12.4 Å². The van der Waals surface area contributed by atoms with E-state index in [1.807, 2.05) is 19.1 Å². The van der Waals surface area contributed by atoms with Gasteiger partial charge >= 0.3 is 0 Å². The highest BCUT2D eigenvalue weighted by Gasteiger charge is 2.35. The summed E-state index contributed by atoms with van der Waals surface area (Å²) in [5.41, 5.74) is 1.96. The molecule has 0 saturated carbocycles. The monoisotopic (exact) mass is 601 g/mol. The van der Waals surface area contributed by atoms with Crippen LogP contribution in [-0.2, 0) is 0 Å². The number of benzene rings is 2. The molecular formula is C18H16Br2Cl3N3O2S. The summed E-state index contributed by atoms with van der Waals surface area (Å²) < 4.78 is 5.02. The van der Waals surface area contributed by atoms with Gasteiger partial charge < -0.3 is 20.7 Å². The standard InChI is InChI=1S/C18H16Br2Cl3N3O2S/c1-9-7-10(19)8-12(20)14(9)24-17(29)26-16(18(21,22)23)25-15(27)11-5-3-4-6-13(11)28-2/h3-8,16H,1-2H3,(H,25,27)(H2,24,26,29). The number of nitrogens with one attached hydrogen (secondary N) is 3. The Kier molecular flexibility index (Phi) is 8.87. The number of alkyl halides is 3. The first-order valence-electron chi connectivity index (χ1n) is 8.06. The van der Waals surface area contributed by atoms with E-state index in [2.05, 4.69) is 47.8 Å². The fourth-order valence-corrected chi connectivity index (χ4v) is 4.47. The maximum Gasteiger partial charge on any atom is 0.256 e. The lowest BCUT2D eigenvalue weighted by molar-refractivity contribution is 0.0931. The zero-order valence-corrected chi connectivity index (χ0v) is 21.4. The van der Waals surface area contributed by atoms with E-state index in [1.54, 1.807) is 24.3 Å². The van der Waals surface area contributed by atoms with Gasteiger partial charge in [0.15, 0.2) is 5.11 Å². The van der Waals surface area contributed by atoms with E-state index >= 15 is 0 Å². The third kappa shape index (κ3) is 6.87. The number of hydrogen-bond donors (Lipinski definition) is 3. The third-order valence-corrected chi connectivity index (χ3v) is 5.68. The van der Waals surface area contributed by atoms with Gasteiger partial charge in [-0.3, -0.25) is 4.79 Å². The van der Waals surface area contributed by atoms with Crippen molar-refractivity contribution in [3.8, 4) is 5.75 Å². The Morgan fingerprint density at radius 3 is 2.41 bits per heavy atom. The number of para-hydroxylation sites is 1. The summed E-state index contributed by atoms with van der Waals surface area (Å²) in [4.78, 5) is 12.7. The van der Waals surface area contributed by atoms with Crippen molar-refractivity contribution in [2.45, 2.75) is 16.9 Å². The van der Waals surface area contributed by atoms with E-state index in [0.29, 0.717) is 11.3 Å². The maximum atomic E-state index is 12.7. The average Bonchev–Trinajstić information content (AvgIpc) is 2.63. The average molecular weight is 605 g/mol. The number of halogens is 5. The zero-order chi connectivity index (χ0) is 21.8. The van der Waals surface area contributed by atoms with E-state index in [4.69, 9.17) is 51.8 Å². The molecule has 1 atom stereocenters. The quantitative estimate of drug-likeness (QED) is 0.224. The summed E-state index contributed by atoms with van der Waals surface area (Å²) in [6.07, 6.45) is -1.11. The Morgan fingerprint density at radius 1 is 1.17 bits per heavy atom. The number of thiocarbonyl (C=S) groups is 1. The molecule has 0 aromatic heterocycles. The van der Waals surface area contributed by atoms with Crippen LogP contribution in [0.4, 0.5) is 5.69 Å². The van der Waals surface area contributed by atoms with Gasteiger partial charge in [0.05, 0.1) is 18.4 Å². The second-order valence-electron chi connectivity index (χ2n) is 5.83. The van der Waals surface area contributed by atoms with Crippen LogP contribution in [-0.4, -0.2) is 28.1 Å². The van der Waals surface area contributed by atoms with Crippen LogP contribution >= 0.6 is 78.9 Å². The number of ether oxygens (including phenoxy) is 1. The van der Waals surface area contributed by atoms with Crippen LogP contribution < -0.4 is 20.7 Å². The normalized spacial score (nSPS) is 12.1. The molecule has 0 heterocycles. The van der Waals surface area contributed by atoms with Crippen LogP contribution in [0.25, 0.3) is 0 Å². The van der Waals surface area contributed by atoms with E-state index in [1.165, 1.54) is 7.11 Å². The molecule has 2 aromatic carbocycles. The fraction of sp³-hybridized carbons (Fsp3) is 0.222. The number of amides is 1. The van der Waals surface area contributed by atoms with Crippen molar-refractivity contribution in [2.24, 2.45) is 0 Å². The second kappa shape index (κ2) is 10.5. The van der Waals surface area contributed by atoms with Crippen molar-refractivity contribution in [3.05, 3.63) is 56.5 Å². The number of hydrogen-bond acceptors (Lipinski definition) is 3. The second-order valence-corrected chi connectivity index (χ2v) is 10.4. The molecule has 11 heteroatoms.